The standard InChI is InChI=1S/C13H25NO2/c1-4-6-12(13(15)16)14(3)11-8-5-7-10(2)9-11/h10-12H,4-9H2,1-3H3,(H,15,16). The maximum atomic E-state index is 11.2. The molecule has 94 valence electrons. The van der Waals surface area contributed by atoms with Gasteiger partial charge < -0.3 is 5.11 Å². The van der Waals surface area contributed by atoms with Crippen molar-refractivity contribution in [2.24, 2.45) is 5.92 Å². The van der Waals surface area contributed by atoms with Crippen molar-refractivity contribution in [1.29, 1.82) is 0 Å². The lowest BCUT2D eigenvalue weighted by Crippen LogP contribution is -2.46. The van der Waals surface area contributed by atoms with Crippen molar-refractivity contribution in [2.45, 2.75) is 64.5 Å². The maximum absolute atomic E-state index is 11.2. The van der Waals surface area contributed by atoms with Crippen molar-refractivity contribution in [3.05, 3.63) is 0 Å². The largest absolute Gasteiger partial charge is 0.480 e. The first-order valence-electron chi connectivity index (χ1n) is 6.51. The molecule has 0 radical (unpaired) electrons. The van der Waals surface area contributed by atoms with E-state index in [0.717, 1.165) is 31.6 Å². The first-order chi connectivity index (χ1) is 7.56. The molecule has 0 aromatic carbocycles. The van der Waals surface area contributed by atoms with Gasteiger partial charge in [0.25, 0.3) is 0 Å². The number of rotatable bonds is 5. The van der Waals surface area contributed by atoms with E-state index in [9.17, 15) is 9.90 Å². The Morgan fingerprint density at radius 2 is 2.19 bits per heavy atom. The van der Waals surface area contributed by atoms with Crippen molar-refractivity contribution in [3.63, 3.8) is 0 Å². The summed E-state index contributed by atoms with van der Waals surface area (Å²) in [7, 11) is 1.98. The van der Waals surface area contributed by atoms with E-state index in [1.807, 2.05) is 14.0 Å². The number of aliphatic carboxylic acids is 1. The third-order valence-corrected chi connectivity index (χ3v) is 3.82. The molecule has 0 bridgehead atoms. The Bertz CT molecular complexity index is 230. The highest BCUT2D eigenvalue weighted by Gasteiger charge is 2.30. The van der Waals surface area contributed by atoms with Crippen molar-refractivity contribution in [1.82, 2.24) is 4.90 Å². The smallest absolute Gasteiger partial charge is 0.320 e. The van der Waals surface area contributed by atoms with Gasteiger partial charge in [0.2, 0.25) is 0 Å². The van der Waals surface area contributed by atoms with Crippen LogP contribution in [-0.4, -0.2) is 35.1 Å². The average molecular weight is 227 g/mol. The Hall–Kier alpha value is -0.570. The van der Waals surface area contributed by atoms with Crippen LogP contribution in [0.25, 0.3) is 0 Å². The van der Waals surface area contributed by atoms with Gasteiger partial charge in [-0.3, -0.25) is 9.69 Å². The molecule has 16 heavy (non-hydrogen) atoms. The Labute approximate surface area is 98.8 Å². The van der Waals surface area contributed by atoms with E-state index in [4.69, 9.17) is 0 Å². The first kappa shape index (κ1) is 13.5. The predicted molar refractivity (Wildman–Crippen MR) is 65.5 cm³/mol. The van der Waals surface area contributed by atoms with Crippen LogP contribution in [0.4, 0.5) is 0 Å². The fraction of sp³-hybridized carbons (Fsp3) is 0.923. The van der Waals surface area contributed by atoms with Gasteiger partial charge in [-0.15, -0.1) is 0 Å². The van der Waals surface area contributed by atoms with Crippen LogP contribution < -0.4 is 0 Å². The quantitative estimate of drug-likeness (QED) is 0.785. The fourth-order valence-corrected chi connectivity index (χ4v) is 2.80. The van der Waals surface area contributed by atoms with E-state index < -0.39 is 5.97 Å². The second kappa shape index (κ2) is 6.24. The molecule has 1 saturated carbocycles. The lowest BCUT2D eigenvalue weighted by Gasteiger charge is -2.37. The van der Waals surface area contributed by atoms with Gasteiger partial charge in [0.1, 0.15) is 6.04 Å². The first-order valence-corrected chi connectivity index (χ1v) is 6.51. The number of nitrogens with zero attached hydrogens (tertiary/aromatic N) is 1. The van der Waals surface area contributed by atoms with Gasteiger partial charge in [-0.1, -0.05) is 33.1 Å². The molecule has 1 N–H and O–H groups in total. The SMILES string of the molecule is CCCC(C(=O)O)N(C)C1CCCC(C)C1. The molecule has 0 saturated heterocycles. The third-order valence-electron chi connectivity index (χ3n) is 3.82. The van der Waals surface area contributed by atoms with Crippen LogP contribution in [0.15, 0.2) is 0 Å². The van der Waals surface area contributed by atoms with Gasteiger partial charge in [0, 0.05) is 6.04 Å². The summed E-state index contributed by atoms with van der Waals surface area (Å²) in [6, 6.07) is 0.177. The molecule has 0 spiro atoms. The topological polar surface area (TPSA) is 40.5 Å². The molecule has 1 rings (SSSR count). The molecular formula is C13H25NO2. The minimum Gasteiger partial charge on any atom is -0.480 e. The molecule has 3 heteroatoms. The van der Waals surface area contributed by atoms with E-state index in [1.165, 1.54) is 12.8 Å². The summed E-state index contributed by atoms with van der Waals surface area (Å²) in [5, 5.41) is 9.23. The Morgan fingerprint density at radius 3 is 2.69 bits per heavy atom. The number of carbonyl (C=O) groups is 1. The summed E-state index contributed by atoms with van der Waals surface area (Å²) in [4.78, 5) is 13.3. The summed E-state index contributed by atoms with van der Waals surface area (Å²) in [6.07, 6.45) is 6.56. The van der Waals surface area contributed by atoms with Crippen LogP contribution in [0, 0.1) is 5.92 Å². The summed E-state index contributed by atoms with van der Waals surface area (Å²) in [5.74, 6) is 0.0832. The highest BCUT2D eigenvalue weighted by atomic mass is 16.4. The molecule has 1 aliphatic rings. The van der Waals surface area contributed by atoms with E-state index >= 15 is 0 Å². The monoisotopic (exact) mass is 227 g/mol. The molecule has 1 aliphatic carbocycles. The molecule has 0 aromatic heterocycles. The third kappa shape index (κ3) is 3.48. The van der Waals surface area contributed by atoms with Crippen LogP contribution in [0.5, 0.6) is 0 Å². The zero-order valence-electron chi connectivity index (χ0n) is 10.8. The molecule has 0 amide bonds. The van der Waals surface area contributed by atoms with Crippen LogP contribution in [0.2, 0.25) is 0 Å². The highest BCUT2D eigenvalue weighted by Crippen LogP contribution is 2.28. The summed E-state index contributed by atoms with van der Waals surface area (Å²) in [5.41, 5.74) is 0. The van der Waals surface area contributed by atoms with Crippen molar-refractivity contribution < 1.29 is 9.90 Å². The fourth-order valence-electron chi connectivity index (χ4n) is 2.80. The lowest BCUT2D eigenvalue weighted by molar-refractivity contribution is -0.144. The molecule has 3 atom stereocenters. The average Bonchev–Trinajstić information content (AvgIpc) is 2.24. The van der Waals surface area contributed by atoms with Gasteiger partial charge in [-0.25, -0.2) is 0 Å². The van der Waals surface area contributed by atoms with Crippen LogP contribution in [0.3, 0.4) is 0 Å². The van der Waals surface area contributed by atoms with Crippen LogP contribution >= 0.6 is 0 Å². The summed E-state index contributed by atoms with van der Waals surface area (Å²) in [6.45, 7) is 4.32. The zero-order valence-corrected chi connectivity index (χ0v) is 10.8. The number of likely N-dealkylation sites (N-methyl/N-ethyl adjacent to an activating group) is 1. The highest BCUT2D eigenvalue weighted by molar-refractivity contribution is 5.73. The van der Waals surface area contributed by atoms with E-state index in [2.05, 4.69) is 11.8 Å². The normalized spacial score (nSPS) is 28.0. The number of carboxylic acid groups (broad SMARTS) is 1. The molecule has 0 aromatic rings. The number of hydrogen-bond donors (Lipinski definition) is 1. The van der Waals surface area contributed by atoms with Gasteiger partial charge in [-0.05, 0) is 32.2 Å². The van der Waals surface area contributed by atoms with Crippen molar-refractivity contribution >= 4 is 5.97 Å². The van der Waals surface area contributed by atoms with Gasteiger partial charge in [0.05, 0.1) is 0 Å². The van der Waals surface area contributed by atoms with Crippen LogP contribution in [0.1, 0.15) is 52.4 Å². The Kier molecular flexibility index (Phi) is 5.26. The zero-order chi connectivity index (χ0) is 12.1. The van der Waals surface area contributed by atoms with Crippen molar-refractivity contribution in [3.8, 4) is 0 Å². The Morgan fingerprint density at radius 1 is 1.50 bits per heavy atom. The van der Waals surface area contributed by atoms with E-state index in [1.54, 1.807) is 0 Å². The van der Waals surface area contributed by atoms with Gasteiger partial charge >= 0.3 is 5.97 Å². The summed E-state index contributed by atoms with van der Waals surface area (Å²) >= 11 is 0. The van der Waals surface area contributed by atoms with E-state index in [0.29, 0.717) is 6.04 Å². The molecule has 3 nitrogen and oxygen atoms in total. The molecule has 0 heterocycles. The molecule has 1 fully saturated rings. The van der Waals surface area contributed by atoms with Crippen LogP contribution in [-0.2, 0) is 4.79 Å². The molecular weight excluding hydrogens is 202 g/mol. The minimum atomic E-state index is -0.664. The predicted octanol–water partition coefficient (Wildman–Crippen LogP) is 2.75. The van der Waals surface area contributed by atoms with Crippen molar-refractivity contribution in [2.75, 3.05) is 7.05 Å². The molecule has 3 unspecified atom stereocenters. The second-order valence-corrected chi connectivity index (χ2v) is 5.23. The number of hydrogen-bond acceptors (Lipinski definition) is 2. The lowest BCUT2D eigenvalue weighted by atomic mass is 9.85. The summed E-state index contributed by atoms with van der Waals surface area (Å²) < 4.78 is 0. The minimum absolute atomic E-state index is 0.291. The second-order valence-electron chi connectivity index (χ2n) is 5.23. The maximum Gasteiger partial charge on any atom is 0.320 e. The number of carboxylic acids is 1. The van der Waals surface area contributed by atoms with Gasteiger partial charge in [0.15, 0.2) is 0 Å². The molecule has 0 aliphatic heterocycles. The Balaban J connectivity index is 2.58. The van der Waals surface area contributed by atoms with Gasteiger partial charge in [-0.2, -0.15) is 0 Å². The van der Waals surface area contributed by atoms with E-state index in [-0.39, 0.29) is 6.04 Å².